The summed E-state index contributed by atoms with van der Waals surface area (Å²) in [7, 11) is 0. The highest BCUT2D eigenvalue weighted by atomic mass is 19.4. The third-order valence-corrected chi connectivity index (χ3v) is 4.56. The molecule has 1 aliphatic rings. The van der Waals surface area contributed by atoms with Gasteiger partial charge in [-0.05, 0) is 42.0 Å². The molecule has 1 saturated carbocycles. The second kappa shape index (κ2) is 6.34. The van der Waals surface area contributed by atoms with Gasteiger partial charge in [0.15, 0.2) is 0 Å². The molecule has 1 fully saturated rings. The minimum Gasteiger partial charge on any atom is -0.310 e. The molecule has 1 aromatic rings. The summed E-state index contributed by atoms with van der Waals surface area (Å²) >= 11 is 0. The number of hydrogen-bond donors (Lipinski definition) is 1. The predicted octanol–water partition coefficient (Wildman–Crippen LogP) is 4.76. The lowest BCUT2D eigenvalue weighted by molar-refractivity contribution is -0.137. The Morgan fingerprint density at radius 1 is 1.14 bits per heavy atom. The van der Waals surface area contributed by atoms with Gasteiger partial charge in [0.1, 0.15) is 5.82 Å². The van der Waals surface area contributed by atoms with E-state index in [0.717, 1.165) is 18.9 Å². The fourth-order valence-corrected chi connectivity index (χ4v) is 3.04. The van der Waals surface area contributed by atoms with Crippen molar-refractivity contribution in [3.8, 4) is 0 Å². The maximum atomic E-state index is 13.3. The van der Waals surface area contributed by atoms with Crippen LogP contribution in [0.3, 0.4) is 0 Å². The molecular formula is C16H21F4N. The van der Waals surface area contributed by atoms with E-state index in [2.05, 4.69) is 19.2 Å². The molecule has 118 valence electrons. The number of alkyl halides is 3. The van der Waals surface area contributed by atoms with E-state index in [4.69, 9.17) is 0 Å². The van der Waals surface area contributed by atoms with Gasteiger partial charge in [0, 0.05) is 12.6 Å². The van der Waals surface area contributed by atoms with Crippen LogP contribution in [-0.4, -0.2) is 6.04 Å². The van der Waals surface area contributed by atoms with E-state index in [1.165, 1.54) is 12.5 Å². The van der Waals surface area contributed by atoms with Crippen LogP contribution in [0.15, 0.2) is 18.2 Å². The first-order valence-corrected chi connectivity index (χ1v) is 7.37. The minimum absolute atomic E-state index is 0.266. The fourth-order valence-electron chi connectivity index (χ4n) is 3.04. The molecule has 1 aliphatic carbocycles. The smallest absolute Gasteiger partial charge is 0.310 e. The molecule has 3 unspecified atom stereocenters. The van der Waals surface area contributed by atoms with Gasteiger partial charge in [-0.2, -0.15) is 13.2 Å². The number of benzene rings is 1. The van der Waals surface area contributed by atoms with Crippen molar-refractivity contribution in [2.75, 3.05) is 0 Å². The van der Waals surface area contributed by atoms with E-state index in [1.54, 1.807) is 0 Å². The average molecular weight is 303 g/mol. The van der Waals surface area contributed by atoms with Crippen molar-refractivity contribution < 1.29 is 17.6 Å². The van der Waals surface area contributed by atoms with Crippen LogP contribution in [0.4, 0.5) is 17.6 Å². The molecule has 0 saturated heterocycles. The van der Waals surface area contributed by atoms with Crippen LogP contribution in [0.1, 0.15) is 44.2 Å². The van der Waals surface area contributed by atoms with Gasteiger partial charge in [-0.15, -0.1) is 0 Å². The standard InChI is InChI=1S/C16H21F4N/c1-10-4-3-5-15(11(10)2)21-9-12-6-13(16(18,19)20)8-14(17)7-12/h6-8,10-11,15,21H,3-5,9H2,1-2H3. The Labute approximate surface area is 122 Å². The number of hydrogen-bond acceptors (Lipinski definition) is 1. The average Bonchev–Trinajstić information content (AvgIpc) is 2.39. The molecule has 0 amide bonds. The van der Waals surface area contributed by atoms with Crippen molar-refractivity contribution in [2.45, 2.75) is 51.9 Å². The van der Waals surface area contributed by atoms with Crippen LogP contribution in [-0.2, 0) is 12.7 Å². The summed E-state index contributed by atoms with van der Waals surface area (Å²) in [5.74, 6) is 0.246. The molecule has 3 atom stereocenters. The van der Waals surface area contributed by atoms with E-state index >= 15 is 0 Å². The van der Waals surface area contributed by atoms with E-state index in [9.17, 15) is 17.6 Å². The normalized spacial score (nSPS) is 26.9. The Hall–Kier alpha value is -1.10. The molecule has 2 rings (SSSR count). The number of halogens is 4. The zero-order valence-electron chi connectivity index (χ0n) is 12.3. The Bertz CT molecular complexity index is 484. The maximum Gasteiger partial charge on any atom is 0.416 e. The molecule has 21 heavy (non-hydrogen) atoms. The topological polar surface area (TPSA) is 12.0 Å². The molecule has 1 nitrogen and oxygen atoms in total. The molecule has 1 N–H and O–H groups in total. The molecule has 0 heterocycles. The summed E-state index contributed by atoms with van der Waals surface area (Å²) in [6.07, 6.45) is -1.17. The summed E-state index contributed by atoms with van der Waals surface area (Å²) in [4.78, 5) is 0. The lowest BCUT2D eigenvalue weighted by Gasteiger charge is -2.34. The highest BCUT2D eigenvalue weighted by Crippen LogP contribution is 2.31. The second-order valence-electron chi connectivity index (χ2n) is 6.10. The first kappa shape index (κ1) is 16.3. The summed E-state index contributed by atoms with van der Waals surface area (Å²) in [5.41, 5.74) is -0.586. The zero-order valence-corrected chi connectivity index (χ0v) is 12.3. The van der Waals surface area contributed by atoms with Crippen LogP contribution < -0.4 is 5.32 Å². The Morgan fingerprint density at radius 3 is 2.52 bits per heavy atom. The van der Waals surface area contributed by atoms with Gasteiger partial charge in [-0.1, -0.05) is 26.7 Å². The summed E-state index contributed by atoms with van der Waals surface area (Å²) in [6.45, 7) is 4.62. The van der Waals surface area contributed by atoms with Crippen LogP contribution in [0, 0.1) is 17.7 Å². The quantitative estimate of drug-likeness (QED) is 0.794. The predicted molar refractivity (Wildman–Crippen MR) is 74.2 cm³/mol. The third-order valence-electron chi connectivity index (χ3n) is 4.56. The van der Waals surface area contributed by atoms with Crippen LogP contribution in [0.25, 0.3) is 0 Å². The lowest BCUT2D eigenvalue weighted by Crippen LogP contribution is -2.40. The van der Waals surface area contributed by atoms with Crippen molar-refractivity contribution in [3.05, 3.63) is 35.1 Å². The first-order valence-electron chi connectivity index (χ1n) is 7.37. The van der Waals surface area contributed by atoms with E-state index in [-0.39, 0.29) is 12.6 Å². The highest BCUT2D eigenvalue weighted by molar-refractivity contribution is 5.26. The highest BCUT2D eigenvalue weighted by Gasteiger charge is 2.31. The van der Waals surface area contributed by atoms with Gasteiger partial charge < -0.3 is 5.32 Å². The summed E-state index contributed by atoms with van der Waals surface area (Å²) in [5, 5.41) is 3.29. The third kappa shape index (κ3) is 4.19. The van der Waals surface area contributed by atoms with E-state index in [1.807, 2.05) is 0 Å². The Balaban J connectivity index is 2.04. The van der Waals surface area contributed by atoms with Gasteiger partial charge in [-0.3, -0.25) is 0 Å². The van der Waals surface area contributed by atoms with Crippen molar-refractivity contribution in [2.24, 2.45) is 11.8 Å². The molecule has 0 radical (unpaired) electrons. The second-order valence-corrected chi connectivity index (χ2v) is 6.10. The van der Waals surface area contributed by atoms with Crippen molar-refractivity contribution >= 4 is 0 Å². The zero-order chi connectivity index (χ0) is 15.6. The van der Waals surface area contributed by atoms with Gasteiger partial charge in [0.25, 0.3) is 0 Å². The monoisotopic (exact) mass is 303 g/mol. The molecule has 0 bridgehead atoms. The van der Waals surface area contributed by atoms with Crippen molar-refractivity contribution in [3.63, 3.8) is 0 Å². The lowest BCUT2D eigenvalue weighted by atomic mass is 9.78. The van der Waals surface area contributed by atoms with Gasteiger partial charge in [0.2, 0.25) is 0 Å². The van der Waals surface area contributed by atoms with Crippen LogP contribution >= 0.6 is 0 Å². The van der Waals surface area contributed by atoms with E-state index in [0.29, 0.717) is 23.5 Å². The largest absolute Gasteiger partial charge is 0.416 e. The van der Waals surface area contributed by atoms with Gasteiger partial charge in [-0.25, -0.2) is 4.39 Å². The molecule has 5 heteroatoms. The Morgan fingerprint density at radius 2 is 1.86 bits per heavy atom. The van der Waals surface area contributed by atoms with Crippen LogP contribution in [0.5, 0.6) is 0 Å². The molecular weight excluding hydrogens is 282 g/mol. The molecule has 0 aliphatic heterocycles. The fraction of sp³-hybridized carbons (Fsp3) is 0.625. The van der Waals surface area contributed by atoms with Gasteiger partial charge in [0.05, 0.1) is 5.56 Å². The van der Waals surface area contributed by atoms with Crippen molar-refractivity contribution in [1.29, 1.82) is 0 Å². The van der Waals surface area contributed by atoms with Crippen LogP contribution in [0.2, 0.25) is 0 Å². The number of rotatable bonds is 3. The summed E-state index contributed by atoms with van der Waals surface area (Å²) in [6, 6.07) is 3.01. The van der Waals surface area contributed by atoms with Gasteiger partial charge >= 0.3 is 6.18 Å². The Kier molecular flexibility index (Phi) is 4.91. The SMILES string of the molecule is CC1CCCC(NCc2cc(F)cc(C(F)(F)F)c2)C1C. The maximum absolute atomic E-state index is 13.3. The molecule has 0 spiro atoms. The molecule has 1 aromatic carbocycles. The summed E-state index contributed by atoms with van der Waals surface area (Å²) < 4.78 is 51.3. The number of nitrogens with one attached hydrogen (secondary N) is 1. The van der Waals surface area contributed by atoms with E-state index < -0.39 is 17.6 Å². The van der Waals surface area contributed by atoms with Crippen molar-refractivity contribution in [1.82, 2.24) is 5.32 Å². The minimum atomic E-state index is -4.51. The first-order chi connectivity index (χ1) is 9.77. The molecule has 0 aromatic heterocycles.